The van der Waals surface area contributed by atoms with Crippen LogP contribution in [0.15, 0.2) is 11.5 Å². The summed E-state index contributed by atoms with van der Waals surface area (Å²) < 4.78 is 8.31. The molecule has 36 valence electrons. The fourth-order valence-electron chi connectivity index (χ4n) is 0.116. The summed E-state index contributed by atoms with van der Waals surface area (Å²) in [6, 6.07) is 0. The maximum Gasteiger partial charge on any atom is 0.0284 e. The van der Waals surface area contributed by atoms with Crippen molar-refractivity contribution in [2.45, 2.75) is 6.92 Å². The van der Waals surface area contributed by atoms with Crippen LogP contribution in [0.1, 0.15) is 6.92 Å². The summed E-state index contributed by atoms with van der Waals surface area (Å²) in [5, 5.41) is 1.56. The summed E-state index contributed by atoms with van der Waals surface area (Å²) in [6.07, 6.45) is 1.73. The van der Waals surface area contributed by atoms with E-state index in [-0.39, 0.29) is 0 Å². The van der Waals surface area contributed by atoms with Crippen molar-refractivity contribution in [3.63, 3.8) is 0 Å². The van der Waals surface area contributed by atoms with E-state index in [1.807, 2.05) is 6.92 Å². The summed E-state index contributed by atoms with van der Waals surface area (Å²) >= 11 is 4.37. The fraction of sp³-hybridized carbons (Fsp3) is 0.333. The van der Waals surface area contributed by atoms with E-state index in [0.717, 1.165) is 0 Å². The van der Waals surface area contributed by atoms with Gasteiger partial charge >= 0.3 is 0 Å². The van der Waals surface area contributed by atoms with Crippen LogP contribution >= 0.6 is 0 Å². The van der Waals surface area contributed by atoms with E-state index in [4.69, 9.17) is 4.55 Å². The summed E-state index contributed by atoms with van der Waals surface area (Å²) in [6.45, 7) is 1.82. The average Bonchev–Trinajstić information content (AvgIpc) is 1.35. The average molecular weight is 122 g/mol. The van der Waals surface area contributed by atoms with E-state index in [1.165, 1.54) is 0 Å². The first-order valence-electron chi connectivity index (χ1n) is 1.50. The molecule has 0 saturated carbocycles. The zero-order valence-corrected chi connectivity index (χ0v) is 5.05. The van der Waals surface area contributed by atoms with Crippen LogP contribution in [0.25, 0.3) is 0 Å². The Balaban J connectivity index is 3.30. The van der Waals surface area contributed by atoms with Crippen LogP contribution in [0.4, 0.5) is 0 Å². The molecule has 0 aromatic rings. The molecule has 1 N–H and O–H groups in total. The van der Waals surface area contributed by atoms with Gasteiger partial charge in [0.05, 0.1) is 0 Å². The SMILES string of the molecule is C/C=C/S(O)=S. The molecule has 0 amide bonds. The molecule has 0 aliphatic heterocycles. The van der Waals surface area contributed by atoms with Crippen molar-refractivity contribution < 1.29 is 4.55 Å². The smallest absolute Gasteiger partial charge is 0.0284 e. The van der Waals surface area contributed by atoms with Gasteiger partial charge in [-0.1, -0.05) is 6.08 Å². The molecule has 1 unspecified atom stereocenters. The topological polar surface area (TPSA) is 20.2 Å². The molecule has 0 spiro atoms. The first kappa shape index (κ1) is 6.27. The Bertz CT molecular complexity index is 76.9. The fourth-order valence-corrected chi connectivity index (χ4v) is 0.683. The third-order valence-corrected chi connectivity index (χ3v) is 1.09. The molecule has 6 heavy (non-hydrogen) atoms. The van der Waals surface area contributed by atoms with Crippen molar-refractivity contribution in [3.05, 3.63) is 11.5 Å². The van der Waals surface area contributed by atoms with E-state index >= 15 is 0 Å². The minimum absolute atomic E-state index is 0.913. The zero-order chi connectivity index (χ0) is 4.99. The van der Waals surface area contributed by atoms with Crippen molar-refractivity contribution in [1.82, 2.24) is 0 Å². The Morgan fingerprint density at radius 2 is 2.33 bits per heavy atom. The third-order valence-electron chi connectivity index (χ3n) is 0.252. The van der Waals surface area contributed by atoms with Gasteiger partial charge in [-0.2, -0.15) is 0 Å². The van der Waals surface area contributed by atoms with Crippen LogP contribution in [0, 0.1) is 0 Å². The van der Waals surface area contributed by atoms with E-state index in [1.54, 1.807) is 11.5 Å². The zero-order valence-electron chi connectivity index (χ0n) is 3.42. The molecular formula is C3H6OS2. The largest absolute Gasteiger partial charge is 0.324 e. The van der Waals surface area contributed by atoms with Crippen molar-refractivity contribution in [3.8, 4) is 0 Å². The summed E-state index contributed by atoms with van der Waals surface area (Å²) in [5.74, 6) is 0. The quantitative estimate of drug-likeness (QED) is 0.561. The number of rotatable bonds is 1. The lowest BCUT2D eigenvalue weighted by atomic mass is 10.8. The Kier molecular flexibility index (Phi) is 3.62. The molecular weight excluding hydrogens is 116 g/mol. The molecule has 3 heteroatoms. The van der Waals surface area contributed by atoms with Crippen LogP contribution in [0.2, 0.25) is 0 Å². The standard InChI is InChI=1S/C3H6OS2/c1-2-3-6(4)5/h2-3H,1H3,(H,4,5)/b3-2+. The highest BCUT2D eigenvalue weighted by molar-refractivity contribution is 8.27. The van der Waals surface area contributed by atoms with Gasteiger partial charge in [0.1, 0.15) is 0 Å². The predicted molar refractivity (Wildman–Crippen MR) is 32.2 cm³/mol. The molecule has 0 saturated heterocycles. The second-order valence-corrected chi connectivity index (χ2v) is 2.59. The van der Waals surface area contributed by atoms with Crippen LogP contribution in [0.5, 0.6) is 0 Å². The van der Waals surface area contributed by atoms with E-state index in [2.05, 4.69) is 11.2 Å². The molecule has 1 atom stereocenters. The minimum atomic E-state index is -0.913. The molecule has 1 nitrogen and oxygen atoms in total. The van der Waals surface area contributed by atoms with Crippen LogP contribution in [-0.4, -0.2) is 4.55 Å². The lowest BCUT2D eigenvalue weighted by Crippen LogP contribution is -1.69. The van der Waals surface area contributed by atoms with Gasteiger partial charge in [-0.25, -0.2) is 0 Å². The van der Waals surface area contributed by atoms with Crippen LogP contribution in [-0.2, 0) is 20.9 Å². The number of hydrogen-bond acceptors (Lipinski definition) is 1. The second-order valence-electron chi connectivity index (χ2n) is 0.746. The van der Waals surface area contributed by atoms with E-state index in [9.17, 15) is 0 Å². The van der Waals surface area contributed by atoms with Gasteiger partial charge in [-0.05, 0) is 23.5 Å². The van der Waals surface area contributed by atoms with Crippen LogP contribution in [0.3, 0.4) is 0 Å². The third kappa shape index (κ3) is 4.27. The van der Waals surface area contributed by atoms with Crippen molar-refractivity contribution in [2.24, 2.45) is 0 Å². The lowest BCUT2D eigenvalue weighted by Gasteiger charge is -1.74. The lowest BCUT2D eigenvalue weighted by molar-refractivity contribution is 0.664. The first-order chi connectivity index (χ1) is 2.77. The molecule has 0 bridgehead atoms. The highest BCUT2D eigenvalue weighted by Gasteiger charge is 1.66. The van der Waals surface area contributed by atoms with Crippen molar-refractivity contribution >= 4 is 20.9 Å². The second kappa shape index (κ2) is 3.46. The molecule has 0 aliphatic carbocycles. The maximum absolute atomic E-state index is 8.31. The van der Waals surface area contributed by atoms with Crippen LogP contribution < -0.4 is 0 Å². The summed E-state index contributed by atoms with van der Waals surface area (Å²) in [5.41, 5.74) is 0. The van der Waals surface area contributed by atoms with Gasteiger partial charge in [0.15, 0.2) is 0 Å². The van der Waals surface area contributed by atoms with Crippen molar-refractivity contribution in [1.29, 1.82) is 0 Å². The molecule has 0 rings (SSSR count). The van der Waals surface area contributed by atoms with E-state index < -0.39 is 9.74 Å². The monoisotopic (exact) mass is 122 g/mol. The Labute approximate surface area is 44.5 Å². The molecule has 0 aliphatic rings. The van der Waals surface area contributed by atoms with Crippen molar-refractivity contribution in [2.75, 3.05) is 0 Å². The normalized spacial score (nSPS) is 15.7. The highest BCUT2D eigenvalue weighted by Crippen LogP contribution is 1.74. The predicted octanol–water partition coefficient (Wildman–Crippen LogP) is 1.07. The van der Waals surface area contributed by atoms with Gasteiger partial charge in [0, 0.05) is 9.74 Å². The Morgan fingerprint density at radius 3 is 2.33 bits per heavy atom. The number of allylic oxidation sites excluding steroid dienone is 1. The number of hydrogen-bond donors (Lipinski definition) is 1. The highest BCUT2D eigenvalue weighted by atomic mass is 32.8. The van der Waals surface area contributed by atoms with Gasteiger partial charge in [-0.15, -0.1) is 0 Å². The first-order valence-corrected chi connectivity index (χ1v) is 3.67. The summed E-state index contributed by atoms with van der Waals surface area (Å²) in [7, 11) is -0.913. The molecule has 0 aromatic carbocycles. The molecule has 0 fully saturated rings. The molecule has 0 radical (unpaired) electrons. The minimum Gasteiger partial charge on any atom is -0.324 e. The summed E-state index contributed by atoms with van der Waals surface area (Å²) in [4.78, 5) is 0. The van der Waals surface area contributed by atoms with E-state index in [0.29, 0.717) is 0 Å². The van der Waals surface area contributed by atoms with Gasteiger partial charge < -0.3 is 4.55 Å². The Morgan fingerprint density at radius 1 is 1.83 bits per heavy atom. The van der Waals surface area contributed by atoms with Gasteiger partial charge in [-0.3, -0.25) is 0 Å². The molecule has 0 aromatic heterocycles. The van der Waals surface area contributed by atoms with Gasteiger partial charge in [0.2, 0.25) is 0 Å². The molecule has 0 heterocycles. The Hall–Kier alpha value is 0.270. The maximum atomic E-state index is 8.31. The van der Waals surface area contributed by atoms with Gasteiger partial charge in [0.25, 0.3) is 0 Å².